The van der Waals surface area contributed by atoms with E-state index >= 15 is 0 Å². The summed E-state index contributed by atoms with van der Waals surface area (Å²) in [6.07, 6.45) is 2.95. The molecule has 7 heteroatoms. The van der Waals surface area contributed by atoms with E-state index in [1.807, 2.05) is 42.5 Å². The molecule has 1 fully saturated rings. The molecule has 1 aliphatic rings. The summed E-state index contributed by atoms with van der Waals surface area (Å²) in [5, 5.41) is 2.76. The zero-order chi connectivity index (χ0) is 24.6. The van der Waals surface area contributed by atoms with E-state index in [0.717, 1.165) is 6.42 Å². The number of nitrogens with zero attached hydrogens (tertiary/aromatic N) is 1. The minimum Gasteiger partial charge on any atom is -0.496 e. The van der Waals surface area contributed by atoms with Gasteiger partial charge in [-0.2, -0.15) is 0 Å². The van der Waals surface area contributed by atoms with Gasteiger partial charge in [0, 0.05) is 18.5 Å². The van der Waals surface area contributed by atoms with E-state index in [-0.39, 0.29) is 5.91 Å². The van der Waals surface area contributed by atoms with Gasteiger partial charge < -0.3 is 19.7 Å². The van der Waals surface area contributed by atoms with Crippen LogP contribution in [-0.4, -0.2) is 38.0 Å². The van der Waals surface area contributed by atoms with Crippen molar-refractivity contribution in [2.24, 2.45) is 0 Å². The lowest BCUT2D eigenvalue weighted by Crippen LogP contribution is -2.27. The Morgan fingerprint density at radius 2 is 1.69 bits per heavy atom. The SMILES string of the molecule is COc1ccccc1/C=C(/C(=O)OCC(=O)Nc1ccccc1N1CCCC1=O)c1ccccc1. The molecule has 0 spiro atoms. The molecule has 2 amide bonds. The molecule has 0 atom stereocenters. The first-order chi connectivity index (χ1) is 17.1. The van der Waals surface area contributed by atoms with Gasteiger partial charge in [0.2, 0.25) is 5.91 Å². The molecular weight excluding hydrogens is 444 g/mol. The summed E-state index contributed by atoms with van der Waals surface area (Å²) in [6, 6.07) is 23.5. The van der Waals surface area contributed by atoms with Gasteiger partial charge in [0.25, 0.3) is 5.91 Å². The number of ether oxygens (including phenoxy) is 2. The highest BCUT2D eigenvalue weighted by atomic mass is 16.5. The molecule has 4 rings (SSSR count). The van der Waals surface area contributed by atoms with E-state index in [1.165, 1.54) is 0 Å². The number of para-hydroxylation sites is 3. The molecule has 0 unspecified atom stereocenters. The third-order valence-corrected chi connectivity index (χ3v) is 5.62. The van der Waals surface area contributed by atoms with Gasteiger partial charge in [0.15, 0.2) is 6.61 Å². The lowest BCUT2D eigenvalue weighted by Gasteiger charge is -2.20. The van der Waals surface area contributed by atoms with Crippen LogP contribution >= 0.6 is 0 Å². The van der Waals surface area contributed by atoms with Gasteiger partial charge in [0.1, 0.15) is 5.75 Å². The molecule has 3 aromatic carbocycles. The van der Waals surface area contributed by atoms with Crippen LogP contribution in [0, 0.1) is 0 Å². The van der Waals surface area contributed by atoms with Crippen LogP contribution in [0.15, 0.2) is 78.9 Å². The van der Waals surface area contributed by atoms with E-state index in [0.29, 0.717) is 46.8 Å². The fourth-order valence-electron chi connectivity index (χ4n) is 3.93. The Morgan fingerprint density at radius 1 is 0.971 bits per heavy atom. The number of amides is 2. The summed E-state index contributed by atoms with van der Waals surface area (Å²) >= 11 is 0. The molecule has 7 nitrogen and oxygen atoms in total. The van der Waals surface area contributed by atoms with Crippen molar-refractivity contribution in [3.63, 3.8) is 0 Å². The summed E-state index contributed by atoms with van der Waals surface area (Å²) in [5.74, 6) is -0.506. The van der Waals surface area contributed by atoms with Gasteiger partial charge in [-0.05, 0) is 36.3 Å². The normalized spacial score (nSPS) is 13.5. The first-order valence-electron chi connectivity index (χ1n) is 11.3. The molecule has 0 bridgehead atoms. The van der Waals surface area contributed by atoms with Crippen LogP contribution < -0.4 is 15.0 Å². The second kappa shape index (κ2) is 11.2. The number of carbonyl (C=O) groups excluding carboxylic acids is 3. The number of benzene rings is 3. The van der Waals surface area contributed by atoms with Gasteiger partial charge in [-0.15, -0.1) is 0 Å². The summed E-state index contributed by atoms with van der Waals surface area (Å²) in [5.41, 5.74) is 2.79. The van der Waals surface area contributed by atoms with E-state index in [2.05, 4.69) is 5.32 Å². The summed E-state index contributed by atoms with van der Waals surface area (Å²) < 4.78 is 10.8. The zero-order valence-electron chi connectivity index (χ0n) is 19.4. The first kappa shape index (κ1) is 23.8. The molecule has 1 aliphatic heterocycles. The van der Waals surface area contributed by atoms with Crippen LogP contribution in [-0.2, 0) is 19.1 Å². The van der Waals surface area contributed by atoms with E-state index in [9.17, 15) is 14.4 Å². The van der Waals surface area contributed by atoms with Crippen LogP contribution in [0.1, 0.15) is 24.0 Å². The van der Waals surface area contributed by atoms with Gasteiger partial charge in [0.05, 0.1) is 24.1 Å². The summed E-state index contributed by atoms with van der Waals surface area (Å²) in [7, 11) is 1.56. The highest BCUT2D eigenvalue weighted by molar-refractivity contribution is 6.22. The standard InChI is InChI=1S/C28H26N2O5/c1-34-25-15-8-5-12-21(25)18-22(20-10-3-2-4-11-20)28(33)35-19-26(31)29-23-13-6-7-14-24(23)30-17-9-16-27(30)32/h2-8,10-15,18H,9,16-17,19H2,1H3,(H,29,31)/b22-18+. The average Bonchev–Trinajstić information content (AvgIpc) is 3.32. The number of esters is 1. The van der Waals surface area contributed by atoms with Crippen molar-refractivity contribution in [2.75, 3.05) is 30.5 Å². The van der Waals surface area contributed by atoms with Crippen molar-refractivity contribution < 1.29 is 23.9 Å². The Bertz CT molecular complexity index is 1250. The zero-order valence-corrected chi connectivity index (χ0v) is 19.4. The number of methoxy groups -OCH3 is 1. The van der Waals surface area contributed by atoms with Gasteiger partial charge in [-0.1, -0.05) is 60.7 Å². The molecule has 0 radical (unpaired) electrons. The molecule has 178 valence electrons. The molecule has 0 saturated carbocycles. The number of carbonyl (C=O) groups is 3. The van der Waals surface area contributed by atoms with Crippen molar-refractivity contribution in [1.29, 1.82) is 0 Å². The molecule has 0 aromatic heterocycles. The molecular formula is C28H26N2O5. The summed E-state index contributed by atoms with van der Waals surface area (Å²) in [4.78, 5) is 39.5. The molecule has 0 aliphatic carbocycles. The molecule has 1 N–H and O–H groups in total. The third kappa shape index (κ3) is 5.76. The predicted octanol–water partition coefficient (Wildman–Crippen LogP) is 4.54. The Morgan fingerprint density at radius 3 is 2.43 bits per heavy atom. The second-order valence-corrected chi connectivity index (χ2v) is 7.96. The number of rotatable bonds is 8. The van der Waals surface area contributed by atoms with E-state index in [4.69, 9.17) is 9.47 Å². The second-order valence-electron chi connectivity index (χ2n) is 7.96. The predicted molar refractivity (Wildman–Crippen MR) is 135 cm³/mol. The van der Waals surface area contributed by atoms with E-state index < -0.39 is 18.5 Å². The molecule has 3 aromatic rings. The van der Waals surface area contributed by atoms with Gasteiger partial charge >= 0.3 is 5.97 Å². The Balaban J connectivity index is 1.49. The molecule has 35 heavy (non-hydrogen) atoms. The quantitative estimate of drug-likeness (QED) is 0.297. The Hall–Kier alpha value is -4.39. The minimum absolute atomic E-state index is 0.0205. The molecule has 1 heterocycles. The number of nitrogens with one attached hydrogen (secondary N) is 1. The largest absolute Gasteiger partial charge is 0.496 e. The minimum atomic E-state index is -0.639. The van der Waals surface area contributed by atoms with Crippen LogP contribution in [0.2, 0.25) is 0 Å². The van der Waals surface area contributed by atoms with Crippen molar-refractivity contribution in [3.8, 4) is 5.75 Å². The van der Waals surface area contributed by atoms with Crippen molar-refractivity contribution in [2.45, 2.75) is 12.8 Å². The highest BCUT2D eigenvalue weighted by Gasteiger charge is 2.24. The lowest BCUT2D eigenvalue weighted by atomic mass is 10.0. The van der Waals surface area contributed by atoms with Crippen molar-refractivity contribution in [1.82, 2.24) is 0 Å². The monoisotopic (exact) mass is 470 g/mol. The smallest absolute Gasteiger partial charge is 0.339 e. The fourth-order valence-corrected chi connectivity index (χ4v) is 3.93. The Kier molecular flexibility index (Phi) is 7.57. The Labute approximate surface area is 204 Å². The topological polar surface area (TPSA) is 84.9 Å². The maximum atomic E-state index is 13.1. The third-order valence-electron chi connectivity index (χ3n) is 5.62. The van der Waals surface area contributed by atoms with Crippen LogP contribution in [0.4, 0.5) is 11.4 Å². The van der Waals surface area contributed by atoms with Gasteiger partial charge in [-0.25, -0.2) is 4.79 Å². The lowest BCUT2D eigenvalue weighted by molar-refractivity contribution is -0.141. The maximum Gasteiger partial charge on any atom is 0.339 e. The molecule has 1 saturated heterocycles. The highest BCUT2D eigenvalue weighted by Crippen LogP contribution is 2.29. The van der Waals surface area contributed by atoms with Crippen LogP contribution in [0.25, 0.3) is 11.6 Å². The van der Waals surface area contributed by atoms with Crippen molar-refractivity contribution in [3.05, 3.63) is 90.0 Å². The number of hydrogen-bond acceptors (Lipinski definition) is 5. The van der Waals surface area contributed by atoms with Crippen LogP contribution in [0.5, 0.6) is 5.75 Å². The summed E-state index contributed by atoms with van der Waals surface area (Å²) in [6.45, 7) is 0.131. The van der Waals surface area contributed by atoms with E-state index in [1.54, 1.807) is 54.5 Å². The van der Waals surface area contributed by atoms with Crippen molar-refractivity contribution >= 4 is 40.8 Å². The van der Waals surface area contributed by atoms with Crippen LogP contribution in [0.3, 0.4) is 0 Å². The number of anilines is 2. The number of hydrogen-bond donors (Lipinski definition) is 1. The fraction of sp³-hybridized carbons (Fsp3) is 0.179. The average molecular weight is 471 g/mol. The maximum absolute atomic E-state index is 13.1. The first-order valence-corrected chi connectivity index (χ1v) is 11.3. The van der Waals surface area contributed by atoms with Gasteiger partial charge in [-0.3, -0.25) is 9.59 Å².